The fraction of sp³-hybridized carbons (Fsp3) is 0.357. The van der Waals surface area contributed by atoms with Gasteiger partial charge in [0, 0.05) is 11.1 Å². The number of ether oxygens (including phenoxy) is 1. The molecular formula is C14H18N2OS. The van der Waals surface area contributed by atoms with Crippen molar-refractivity contribution in [3.05, 3.63) is 46.4 Å². The summed E-state index contributed by atoms with van der Waals surface area (Å²) in [6.45, 7) is 0.690. The Bertz CT molecular complexity index is 470. The molecule has 1 aromatic heterocycles. The fourth-order valence-corrected chi connectivity index (χ4v) is 2.71. The number of rotatable bonds is 6. The first kappa shape index (κ1) is 13.1. The van der Waals surface area contributed by atoms with Crippen LogP contribution in [-0.2, 0) is 12.8 Å². The minimum Gasteiger partial charge on any atom is -0.497 e. The van der Waals surface area contributed by atoms with Gasteiger partial charge in [-0.25, -0.2) is 0 Å². The summed E-state index contributed by atoms with van der Waals surface area (Å²) in [5, 5.41) is 0. The van der Waals surface area contributed by atoms with Crippen molar-refractivity contribution < 1.29 is 4.74 Å². The lowest BCUT2D eigenvalue weighted by molar-refractivity contribution is 0.413. The molecular weight excluding hydrogens is 244 g/mol. The van der Waals surface area contributed by atoms with Crippen LogP contribution < -0.4 is 10.5 Å². The molecule has 0 amide bonds. The molecule has 1 heterocycles. The van der Waals surface area contributed by atoms with Gasteiger partial charge in [0.15, 0.2) is 0 Å². The SMILES string of the molecule is COc1cccc(CC(CN)Cc2cncs2)c1. The van der Waals surface area contributed by atoms with E-state index in [1.54, 1.807) is 18.4 Å². The molecule has 1 aromatic carbocycles. The van der Waals surface area contributed by atoms with E-state index in [4.69, 9.17) is 10.5 Å². The van der Waals surface area contributed by atoms with E-state index < -0.39 is 0 Å². The van der Waals surface area contributed by atoms with Crippen molar-refractivity contribution in [2.45, 2.75) is 12.8 Å². The van der Waals surface area contributed by atoms with Crippen molar-refractivity contribution >= 4 is 11.3 Å². The van der Waals surface area contributed by atoms with Crippen LogP contribution in [0.1, 0.15) is 10.4 Å². The van der Waals surface area contributed by atoms with E-state index in [2.05, 4.69) is 17.1 Å². The lowest BCUT2D eigenvalue weighted by Crippen LogP contribution is -2.19. The summed E-state index contributed by atoms with van der Waals surface area (Å²) < 4.78 is 5.24. The second-order valence-corrected chi connectivity index (χ2v) is 5.30. The molecule has 0 saturated heterocycles. The number of nitrogens with two attached hydrogens (primary N) is 1. The number of aromatic nitrogens is 1. The van der Waals surface area contributed by atoms with E-state index in [1.165, 1.54) is 10.4 Å². The second kappa shape index (κ2) is 6.52. The number of nitrogens with zero attached hydrogens (tertiary/aromatic N) is 1. The Kier molecular flexibility index (Phi) is 4.73. The molecule has 0 aliphatic heterocycles. The molecule has 0 radical (unpaired) electrons. The Labute approximate surface area is 112 Å². The highest BCUT2D eigenvalue weighted by Gasteiger charge is 2.10. The molecule has 96 valence electrons. The third kappa shape index (κ3) is 3.55. The lowest BCUT2D eigenvalue weighted by atomic mass is 9.96. The van der Waals surface area contributed by atoms with Crippen molar-refractivity contribution in [3.63, 3.8) is 0 Å². The minimum atomic E-state index is 0.456. The van der Waals surface area contributed by atoms with Crippen molar-refractivity contribution in [1.29, 1.82) is 0 Å². The molecule has 1 atom stereocenters. The number of methoxy groups -OCH3 is 1. The maximum absolute atomic E-state index is 5.86. The van der Waals surface area contributed by atoms with Crippen molar-refractivity contribution in [2.24, 2.45) is 11.7 Å². The summed E-state index contributed by atoms with van der Waals surface area (Å²) in [4.78, 5) is 5.40. The molecule has 2 N–H and O–H groups in total. The molecule has 0 bridgehead atoms. The van der Waals surface area contributed by atoms with Crippen LogP contribution in [0.4, 0.5) is 0 Å². The Balaban J connectivity index is 2.00. The van der Waals surface area contributed by atoms with Gasteiger partial charge in [-0.2, -0.15) is 0 Å². The Morgan fingerprint density at radius 3 is 2.94 bits per heavy atom. The summed E-state index contributed by atoms with van der Waals surface area (Å²) in [6, 6.07) is 8.19. The Morgan fingerprint density at radius 1 is 1.39 bits per heavy atom. The quantitative estimate of drug-likeness (QED) is 0.870. The zero-order valence-corrected chi connectivity index (χ0v) is 11.3. The zero-order valence-electron chi connectivity index (χ0n) is 10.5. The first-order valence-electron chi connectivity index (χ1n) is 6.02. The normalized spacial score (nSPS) is 12.3. The van der Waals surface area contributed by atoms with Gasteiger partial charge in [0.05, 0.1) is 12.6 Å². The molecule has 3 nitrogen and oxygen atoms in total. The lowest BCUT2D eigenvalue weighted by Gasteiger charge is -2.14. The highest BCUT2D eigenvalue weighted by atomic mass is 32.1. The topological polar surface area (TPSA) is 48.1 Å². The molecule has 4 heteroatoms. The predicted molar refractivity (Wildman–Crippen MR) is 75.1 cm³/mol. The molecule has 18 heavy (non-hydrogen) atoms. The van der Waals surface area contributed by atoms with Crippen LogP contribution in [-0.4, -0.2) is 18.6 Å². The number of thiazole rings is 1. The van der Waals surface area contributed by atoms with E-state index in [9.17, 15) is 0 Å². The van der Waals surface area contributed by atoms with Crippen molar-refractivity contribution in [1.82, 2.24) is 4.98 Å². The molecule has 0 aliphatic carbocycles. The van der Waals surface area contributed by atoms with Crippen LogP contribution in [0.25, 0.3) is 0 Å². The van der Waals surface area contributed by atoms with Gasteiger partial charge in [-0.05, 0) is 43.0 Å². The van der Waals surface area contributed by atoms with Gasteiger partial charge in [0.2, 0.25) is 0 Å². The van der Waals surface area contributed by atoms with E-state index in [0.29, 0.717) is 12.5 Å². The average Bonchev–Trinajstić information content (AvgIpc) is 2.91. The first-order valence-corrected chi connectivity index (χ1v) is 6.90. The fourth-order valence-electron chi connectivity index (χ4n) is 2.00. The van der Waals surface area contributed by atoms with E-state index in [0.717, 1.165) is 18.6 Å². The van der Waals surface area contributed by atoms with Gasteiger partial charge in [-0.3, -0.25) is 4.98 Å². The van der Waals surface area contributed by atoms with Crippen LogP contribution in [0, 0.1) is 5.92 Å². The summed E-state index contributed by atoms with van der Waals surface area (Å²) >= 11 is 1.69. The van der Waals surface area contributed by atoms with Crippen LogP contribution in [0.5, 0.6) is 5.75 Å². The third-order valence-electron chi connectivity index (χ3n) is 2.97. The van der Waals surface area contributed by atoms with Gasteiger partial charge in [0.1, 0.15) is 5.75 Å². The van der Waals surface area contributed by atoms with Gasteiger partial charge in [-0.15, -0.1) is 11.3 Å². The Morgan fingerprint density at radius 2 is 2.28 bits per heavy atom. The summed E-state index contributed by atoms with van der Waals surface area (Å²) in [6.07, 6.45) is 3.91. The zero-order chi connectivity index (χ0) is 12.8. The van der Waals surface area contributed by atoms with E-state index in [1.807, 2.05) is 23.8 Å². The first-order chi connectivity index (χ1) is 8.81. The Hall–Kier alpha value is -1.39. The molecule has 0 spiro atoms. The second-order valence-electron chi connectivity index (χ2n) is 4.33. The van der Waals surface area contributed by atoms with Crippen LogP contribution >= 0.6 is 11.3 Å². The molecule has 2 rings (SSSR count). The summed E-state index contributed by atoms with van der Waals surface area (Å²) in [7, 11) is 1.69. The maximum atomic E-state index is 5.86. The average molecular weight is 262 g/mol. The largest absolute Gasteiger partial charge is 0.497 e. The van der Waals surface area contributed by atoms with Gasteiger partial charge in [0.25, 0.3) is 0 Å². The third-order valence-corrected chi connectivity index (χ3v) is 3.77. The van der Waals surface area contributed by atoms with Gasteiger partial charge >= 0.3 is 0 Å². The molecule has 0 fully saturated rings. The predicted octanol–water partition coefficient (Wildman–Crippen LogP) is 2.51. The van der Waals surface area contributed by atoms with Crippen molar-refractivity contribution in [2.75, 3.05) is 13.7 Å². The van der Waals surface area contributed by atoms with E-state index in [-0.39, 0.29) is 0 Å². The van der Waals surface area contributed by atoms with Crippen LogP contribution in [0.2, 0.25) is 0 Å². The van der Waals surface area contributed by atoms with E-state index >= 15 is 0 Å². The number of hydrogen-bond donors (Lipinski definition) is 1. The highest BCUT2D eigenvalue weighted by molar-refractivity contribution is 7.09. The smallest absolute Gasteiger partial charge is 0.119 e. The maximum Gasteiger partial charge on any atom is 0.119 e. The summed E-state index contributed by atoms with van der Waals surface area (Å²) in [5.41, 5.74) is 9.00. The highest BCUT2D eigenvalue weighted by Crippen LogP contribution is 2.19. The van der Waals surface area contributed by atoms with Crippen molar-refractivity contribution in [3.8, 4) is 5.75 Å². The standard InChI is InChI=1S/C14H18N2OS/c1-17-13-4-2-3-11(6-13)5-12(8-15)7-14-9-16-10-18-14/h2-4,6,9-10,12H,5,7-8,15H2,1H3. The molecule has 1 unspecified atom stereocenters. The summed E-state index contributed by atoms with van der Waals surface area (Å²) in [5.74, 6) is 1.36. The van der Waals surface area contributed by atoms with Crippen LogP contribution in [0.15, 0.2) is 36.0 Å². The van der Waals surface area contributed by atoms with Crippen LogP contribution in [0.3, 0.4) is 0 Å². The monoisotopic (exact) mass is 262 g/mol. The minimum absolute atomic E-state index is 0.456. The molecule has 0 aliphatic rings. The molecule has 0 saturated carbocycles. The molecule has 2 aromatic rings. The number of hydrogen-bond acceptors (Lipinski definition) is 4. The van der Waals surface area contributed by atoms with Gasteiger partial charge < -0.3 is 10.5 Å². The van der Waals surface area contributed by atoms with Gasteiger partial charge in [-0.1, -0.05) is 12.1 Å². The number of benzene rings is 1.